The van der Waals surface area contributed by atoms with Crippen LogP contribution >= 0.6 is 11.8 Å². The van der Waals surface area contributed by atoms with Crippen molar-refractivity contribution in [3.63, 3.8) is 0 Å². The monoisotopic (exact) mass is 280 g/mol. The van der Waals surface area contributed by atoms with Gasteiger partial charge in [0, 0.05) is 11.2 Å². The molecule has 102 valence electrons. The molecule has 0 saturated heterocycles. The minimum atomic E-state index is 0.545. The van der Waals surface area contributed by atoms with Crippen LogP contribution in [0.5, 0.6) is 0 Å². The van der Waals surface area contributed by atoms with E-state index in [2.05, 4.69) is 74.5 Å². The molecule has 0 spiro atoms. The average Bonchev–Trinajstić information content (AvgIpc) is 2.48. The maximum absolute atomic E-state index is 2.42. The van der Waals surface area contributed by atoms with Crippen molar-refractivity contribution in [3.05, 3.63) is 82.3 Å². The maximum Gasteiger partial charge on any atom is 0.0349 e. The molecule has 2 aromatic carbocycles. The Morgan fingerprint density at radius 1 is 0.850 bits per heavy atom. The van der Waals surface area contributed by atoms with E-state index in [0.29, 0.717) is 11.2 Å². The summed E-state index contributed by atoms with van der Waals surface area (Å²) in [6.45, 7) is 4.39. The Balaban J connectivity index is 1.86. The fraction of sp³-hybridized carbons (Fsp3) is 0.263. The van der Waals surface area contributed by atoms with Crippen LogP contribution in [-0.4, -0.2) is 0 Å². The molecule has 0 nitrogen and oxygen atoms in total. The van der Waals surface area contributed by atoms with E-state index in [0.717, 1.165) is 0 Å². The molecule has 2 unspecified atom stereocenters. The molecule has 0 saturated carbocycles. The molecule has 0 radical (unpaired) electrons. The van der Waals surface area contributed by atoms with Gasteiger partial charge in [-0.05, 0) is 36.3 Å². The highest BCUT2D eigenvalue weighted by atomic mass is 32.2. The molecule has 0 bridgehead atoms. The summed E-state index contributed by atoms with van der Waals surface area (Å²) in [6.07, 6.45) is 3.61. The Morgan fingerprint density at radius 2 is 1.55 bits per heavy atom. The summed E-state index contributed by atoms with van der Waals surface area (Å²) in [4.78, 5) is 1.44. The zero-order valence-corrected chi connectivity index (χ0v) is 12.9. The topological polar surface area (TPSA) is 0 Å². The smallest absolute Gasteiger partial charge is 0.0349 e. The predicted octanol–water partition coefficient (Wildman–Crippen LogP) is 5.86. The van der Waals surface area contributed by atoms with Gasteiger partial charge in [0.25, 0.3) is 0 Å². The summed E-state index contributed by atoms with van der Waals surface area (Å²) in [5.41, 5.74) is 4.22. The summed E-state index contributed by atoms with van der Waals surface area (Å²) in [5.74, 6) is 0.545. The maximum atomic E-state index is 2.42. The number of benzene rings is 2. The quantitative estimate of drug-likeness (QED) is 0.664. The van der Waals surface area contributed by atoms with Gasteiger partial charge in [-0.25, -0.2) is 0 Å². The van der Waals surface area contributed by atoms with Crippen molar-refractivity contribution in [1.29, 1.82) is 0 Å². The van der Waals surface area contributed by atoms with Crippen LogP contribution in [0.2, 0.25) is 0 Å². The van der Waals surface area contributed by atoms with E-state index >= 15 is 0 Å². The molecule has 0 aliphatic carbocycles. The van der Waals surface area contributed by atoms with Crippen LogP contribution in [0.1, 0.15) is 41.2 Å². The van der Waals surface area contributed by atoms with Crippen molar-refractivity contribution in [2.75, 3.05) is 0 Å². The van der Waals surface area contributed by atoms with Crippen molar-refractivity contribution in [2.45, 2.75) is 31.4 Å². The van der Waals surface area contributed by atoms with Gasteiger partial charge < -0.3 is 0 Å². The lowest BCUT2D eigenvalue weighted by atomic mass is 9.91. The molecule has 2 atom stereocenters. The summed E-state index contributed by atoms with van der Waals surface area (Å²) in [5, 5.41) is 0.575. The minimum absolute atomic E-state index is 0.545. The second-order valence-corrected chi connectivity index (χ2v) is 7.00. The Labute approximate surface area is 125 Å². The van der Waals surface area contributed by atoms with Gasteiger partial charge in [0.2, 0.25) is 0 Å². The van der Waals surface area contributed by atoms with Crippen molar-refractivity contribution in [3.8, 4) is 0 Å². The van der Waals surface area contributed by atoms with Crippen LogP contribution in [-0.2, 0) is 0 Å². The Kier molecular flexibility index (Phi) is 3.98. The van der Waals surface area contributed by atoms with Crippen LogP contribution in [0.4, 0.5) is 0 Å². The second kappa shape index (κ2) is 5.88. The number of allylic oxidation sites excluding steroid dienone is 2. The van der Waals surface area contributed by atoms with E-state index in [1.54, 1.807) is 0 Å². The molecule has 3 rings (SSSR count). The molecule has 0 amide bonds. The third kappa shape index (κ3) is 2.99. The van der Waals surface area contributed by atoms with Crippen LogP contribution in [0.15, 0.2) is 65.6 Å². The normalized spacial score (nSPS) is 22.4. The lowest BCUT2D eigenvalue weighted by Gasteiger charge is -2.27. The summed E-state index contributed by atoms with van der Waals surface area (Å²) < 4.78 is 0. The fourth-order valence-electron chi connectivity index (χ4n) is 2.81. The van der Waals surface area contributed by atoms with Crippen LogP contribution in [0, 0.1) is 6.92 Å². The number of rotatable bonds is 2. The highest BCUT2D eigenvalue weighted by molar-refractivity contribution is 8.03. The molecule has 0 N–H and O–H groups in total. The first-order valence-corrected chi connectivity index (χ1v) is 8.07. The van der Waals surface area contributed by atoms with Crippen molar-refractivity contribution in [2.24, 2.45) is 0 Å². The van der Waals surface area contributed by atoms with Crippen molar-refractivity contribution >= 4 is 11.8 Å². The first-order chi connectivity index (χ1) is 9.72. The molecule has 1 heteroatoms. The second-order valence-electron chi connectivity index (χ2n) is 5.55. The zero-order chi connectivity index (χ0) is 13.9. The van der Waals surface area contributed by atoms with E-state index in [-0.39, 0.29) is 0 Å². The van der Waals surface area contributed by atoms with E-state index in [9.17, 15) is 0 Å². The molecule has 1 aliphatic heterocycles. The van der Waals surface area contributed by atoms with E-state index < -0.39 is 0 Å². The molecular formula is C19H20S. The standard InChI is InChI=1S/C19H20S/c1-14-8-10-17(11-9-14)19-13-18(12-15(2)20-19)16-6-4-3-5-7-16/h3-12,18-19H,13H2,1-2H3. The number of hydrogen-bond acceptors (Lipinski definition) is 1. The van der Waals surface area contributed by atoms with E-state index in [1.807, 2.05) is 11.8 Å². The Morgan fingerprint density at radius 3 is 2.25 bits per heavy atom. The van der Waals surface area contributed by atoms with Gasteiger partial charge in [-0.3, -0.25) is 0 Å². The average molecular weight is 280 g/mol. The lowest BCUT2D eigenvalue weighted by Crippen LogP contribution is -2.07. The molecule has 1 heterocycles. The zero-order valence-electron chi connectivity index (χ0n) is 12.0. The SMILES string of the molecule is CC1=CC(c2ccccc2)CC(c2ccc(C)cc2)S1. The number of thioether (sulfide) groups is 1. The van der Waals surface area contributed by atoms with E-state index in [4.69, 9.17) is 0 Å². The lowest BCUT2D eigenvalue weighted by molar-refractivity contribution is 0.713. The molecule has 20 heavy (non-hydrogen) atoms. The van der Waals surface area contributed by atoms with Crippen LogP contribution in [0.25, 0.3) is 0 Å². The Bertz CT molecular complexity index is 595. The van der Waals surface area contributed by atoms with Gasteiger partial charge in [0.15, 0.2) is 0 Å². The number of hydrogen-bond donors (Lipinski definition) is 0. The molecular weight excluding hydrogens is 260 g/mol. The van der Waals surface area contributed by atoms with E-state index in [1.165, 1.54) is 28.0 Å². The van der Waals surface area contributed by atoms with Gasteiger partial charge in [-0.15, -0.1) is 11.8 Å². The molecule has 0 fully saturated rings. The first kappa shape index (κ1) is 13.5. The predicted molar refractivity (Wildman–Crippen MR) is 89.1 cm³/mol. The first-order valence-electron chi connectivity index (χ1n) is 7.19. The minimum Gasteiger partial charge on any atom is -0.123 e. The highest BCUT2D eigenvalue weighted by Gasteiger charge is 2.23. The van der Waals surface area contributed by atoms with Gasteiger partial charge in [0.05, 0.1) is 0 Å². The fourth-order valence-corrected chi connectivity index (χ4v) is 4.10. The number of aryl methyl sites for hydroxylation is 1. The van der Waals surface area contributed by atoms with Gasteiger partial charge in [0.1, 0.15) is 0 Å². The van der Waals surface area contributed by atoms with Gasteiger partial charge in [-0.1, -0.05) is 66.2 Å². The summed E-state index contributed by atoms with van der Waals surface area (Å²) in [6, 6.07) is 19.9. The third-order valence-corrected chi connectivity index (χ3v) is 5.17. The summed E-state index contributed by atoms with van der Waals surface area (Å²) >= 11 is 2.00. The highest BCUT2D eigenvalue weighted by Crippen LogP contribution is 2.46. The summed E-state index contributed by atoms with van der Waals surface area (Å²) in [7, 11) is 0. The molecule has 0 aromatic heterocycles. The largest absolute Gasteiger partial charge is 0.123 e. The van der Waals surface area contributed by atoms with Crippen LogP contribution in [0.3, 0.4) is 0 Å². The van der Waals surface area contributed by atoms with Crippen LogP contribution < -0.4 is 0 Å². The molecule has 1 aliphatic rings. The van der Waals surface area contributed by atoms with Gasteiger partial charge >= 0.3 is 0 Å². The Hall–Kier alpha value is -1.47. The van der Waals surface area contributed by atoms with Crippen molar-refractivity contribution in [1.82, 2.24) is 0 Å². The van der Waals surface area contributed by atoms with Gasteiger partial charge in [-0.2, -0.15) is 0 Å². The molecule has 2 aromatic rings. The van der Waals surface area contributed by atoms with Crippen molar-refractivity contribution < 1.29 is 0 Å². The third-order valence-electron chi connectivity index (χ3n) is 3.91.